The van der Waals surface area contributed by atoms with E-state index in [2.05, 4.69) is 22.3 Å². The number of nitrogen functional groups attached to an aromatic ring is 1. The number of carbonyl (C=O) groups is 1. The van der Waals surface area contributed by atoms with Crippen LogP contribution in [0.1, 0.15) is 55.8 Å². The molecule has 1 fully saturated rings. The van der Waals surface area contributed by atoms with Gasteiger partial charge in [0.05, 0.1) is 11.9 Å². The van der Waals surface area contributed by atoms with Gasteiger partial charge in [-0.25, -0.2) is 9.97 Å². The first-order chi connectivity index (χ1) is 9.52. The Hall–Kier alpha value is -1.69. The molecule has 1 unspecified atom stereocenters. The summed E-state index contributed by atoms with van der Waals surface area (Å²) in [5.41, 5.74) is 3.38. The molecule has 2 rings (SSSR count). The van der Waals surface area contributed by atoms with Crippen LogP contribution >= 0.6 is 0 Å². The zero-order valence-electron chi connectivity index (χ0n) is 12.4. The summed E-state index contributed by atoms with van der Waals surface area (Å²) < 4.78 is 0. The van der Waals surface area contributed by atoms with Crippen molar-refractivity contribution in [2.45, 2.75) is 39.5 Å². The number of nitrogens with one attached hydrogen (secondary N) is 1. The predicted octanol–water partition coefficient (Wildman–Crippen LogP) is 1.76. The minimum Gasteiger partial charge on any atom is -0.337 e. The minimum atomic E-state index is -0.0613. The highest BCUT2D eigenvalue weighted by molar-refractivity contribution is 5.97. The van der Waals surface area contributed by atoms with Gasteiger partial charge in [0.15, 0.2) is 5.69 Å². The average molecular weight is 277 g/mol. The summed E-state index contributed by atoms with van der Waals surface area (Å²) in [7, 11) is 0. The van der Waals surface area contributed by atoms with E-state index in [1.807, 2.05) is 18.7 Å². The van der Waals surface area contributed by atoms with Crippen LogP contribution in [0.2, 0.25) is 0 Å². The average Bonchev–Trinajstić information content (AvgIpc) is 2.45. The second-order valence-corrected chi connectivity index (χ2v) is 5.79. The maximum atomic E-state index is 12.6. The maximum absolute atomic E-state index is 12.6. The smallest absolute Gasteiger partial charge is 0.274 e. The Morgan fingerprint density at radius 1 is 1.55 bits per heavy atom. The van der Waals surface area contributed by atoms with Crippen LogP contribution < -0.4 is 11.3 Å². The van der Waals surface area contributed by atoms with Gasteiger partial charge in [0.2, 0.25) is 0 Å². The standard InChI is InChI=1S/C14H23N5O/c1-9(2)13-16-7-11(18-15)12(17-13)14(20)19-6-4-5-10(3)8-19/h7,9-10,18H,4-6,8,15H2,1-3H3. The fraction of sp³-hybridized carbons (Fsp3) is 0.643. The van der Waals surface area contributed by atoms with E-state index >= 15 is 0 Å². The monoisotopic (exact) mass is 277 g/mol. The van der Waals surface area contributed by atoms with Crippen LogP contribution in [0.25, 0.3) is 0 Å². The number of likely N-dealkylation sites (tertiary alicyclic amines) is 1. The Bertz CT molecular complexity index is 488. The van der Waals surface area contributed by atoms with Crippen LogP contribution in [-0.2, 0) is 0 Å². The topological polar surface area (TPSA) is 84.1 Å². The molecule has 1 aromatic rings. The molecule has 2 heterocycles. The van der Waals surface area contributed by atoms with E-state index in [1.165, 1.54) is 6.42 Å². The number of piperidine rings is 1. The molecule has 0 spiro atoms. The lowest BCUT2D eigenvalue weighted by Gasteiger charge is -2.31. The zero-order valence-corrected chi connectivity index (χ0v) is 12.4. The van der Waals surface area contributed by atoms with Crippen LogP contribution in [0.15, 0.2) is 6.20 Å². The van der Waals surface area contributed by atoms with Gasteiger partial charge in [-0.1, -0.05) is 20.8 Å². The zero-order chi connectivity index (χ0) is 14.7. The third-order valence-corrected chi connectivity index (χ3v) is 3.63. The van der Waals surface area contributed by atoms with E-state index in [4.69, 9.17) is 5.84 Å². The summed E-state index contributed by atoms with van der Waals surface area (Å²) >= 11 is 0. The second-order valence-electron chi connectivity index (χ2n) is 5.79. The van der Waals surface area contributed by atoms with E-state index < -0.39 is 0 Å². The fourth-order valence-electron chi connectivity index (χ4n) is 2.47. The van der Waals surface area contributed by atoms with E-state index in [9.17, 15) is 4.79 Å². The molecule has 1 aromatic heterocycles. The minimum absolute atomic E-state index is 0.0613. The van der Waals surface area contributed by atoms with Crippen molar-refractivity contribution in [1.82, 2.24) is 14.9 Å². The predicted molar refractivity (Wildman–Crippen MR) is 78.2 cm³/mol. The summed E-state index contributed by atoms with van der Waals surface area (Å²) in [5, 5.41) is 0. The lowest BCUT2D eigenvalue weighted by atomic mass is 10.00. The van der Waals surface area contributed by atoms with Gasteiger partial charge in [-0.15, -0.1) is 0 Å². The van der Waals surface area contributed by atoms with E-state index in [0.717, 1.165) is 19.5 Å². The van der Waals surface area contributed by atoms with E-state index in [1.54, 1.807) is 6.20 Å². The largest absolute Gasteiger partial charge is 0.337 e. The van der Waals surface area contributed by atoms with Crippen molar-refractivity contribution in [3.63, 3.8) is 0 Å². The number of hydrazine groups is 1. The summed E-state index contributed by atoms with van der Waals surface area (Å²) in [5.74, 6) is 6.78. The molecule has 1 aliphatic rings. The Morgan fingerprint density at radius 3 is 2.90 bits per heavy atom. The number of amides is 1. The normalized spacial score (nSPS) is 19.2. The van der Waals surface area contributed by atoms with Gasteiger partial charge in [0, 0.05) is 19.0 Å². The number of hydrogen-bond acceptors (Lipinski definition) is 5. The molecule has 1 saturated heterocycles. The Labute approximate surface area is 119 Å². The highest BCUT2D eigenvalue weighted by atomic mass is 16.2. The van der Waals surface area contributed by atoms with E-state index in [-0.39, 0.29) is 11.8 Å². The first-order valence-corrected chi connectivity index (χ1v) is 7.15. The molecule has 3 N–H and O–H groups in total. The summed E-state index contributed by atoms with van der Waals surface area (Å²) in [6.45, 7) is 7.74. The van der Waals surface area contributed by atoms with Crippen molar-refractivity contribution in [2.24, 2.45) is 11.8 Å². The molecule has 20 heavy (non-hydrogen) atoms. The molecule has 0 aliphatic carbocycles. The number of nitrogens with zero attached hydrogens (tertiary/aromatic N) is 3. The van der Waals surface area contributed by atoms with Crippen molar-refractivity contribution in [3.8, 4) is 0 Å². The van der Waals surface area contributed by atoms with Gasteiger partial charge in [-0.05, 0) is 18.8 Å². The van der Waals surface area contributed by atoms with Crippen molar-refractivity contribution in [1.29, 1.82) is 0 Å². The number of hydrogen-bond donors (Lipinski definition) is 2. The Kier molecular flexibility index (Phi) is 4.54. The lowest BCUT2D eigenvalue weighted by molar-refractivity contribution is 0.0677. The summed E-state index contributed by atoms with van der Waals surface area (Å²) in [4.78, 5) is 23.1. The Morgan fingerprint density at radius 2 is 2.30 bits per heavy atom. The molecule has 0 bridgehead atoms. The molecule has 1 aliphatic heterocycles. The molecule has 110 valence electrons. The van der Waals surface area contributed by atoms with Gasteiger partial charge in [0.25, 0.3) is 5.91 Å². The first-order valence-electron chi connectivity index (χ1n) is 7.15. The van der Waals surface area contributed by atoms with Gasteiger partial charge < -0.3 is 10.3 Å². The van der Waals surface area contributed by atoms with Crippen molar-refractivity contribution >= 4 is 11.6 Å². The molecular weight excluding hydrogens is 254 g/mol. The van der Waals surface area contributed by atoms with Crippen molar-refractivity contribution in [3.05, 3.63) is 17.7 Å². The van der Waals surface area contributed by atoms with Crippen molar-refractivity contribution < 1.29 is 4.79 Å². The highest BCUT2D eigenvalue weighted by Gasteiger charge is 2.25. The molecule has 1 atom stereocenters. The van der Waals surface area contributed by atoms with Gasteiger partial charge in [-0.2, -0.15) is 0 Å². The Balaban J connectivity index is 2.29. The summed E-state index contributed by atoms with van der Waals surface area (Å²) in [6.07, 6.45) is 3.80. The van der Waals surface area contributed by atoms with Crippen molar-refractivity contribution in [2.75, 3.05) is 18.5 Å². The van der Waals surface area contributed by atoms with Crippen LogP contribution in [0.3, 0.4) is 0 Å². The molecular formula is C14H23N5O. The third kappa shape index (κ3) is 3.07. The number of carbonyl (C=O) groups excluding carboxylic acids is 1. The van der Waals surface area contributed by atoms with Crippen LogP contribution in [-0.4, -0.2) is 33.9 Å². The number of anilines is 1. The summed E-state index contributed by atoms with van der Waals surface area (Å²) in [6, 6.07) is 0. The lowest BCUT2D eigenvalue weighted by Crippen LogP contribution is -2.40. The molecule has 6 heteroatoms. The fourth-order valence-corrected chi connectivity index (χ4v) is 2.47. The van der Waals surface area contributed by atoms with Crippen LogP contribution in [0.4, 0.5) is 5.69 Å². The second kappa shape index (κ2) is 6.17. The highest BCUT2D eigenvalue weighted by Crippen LogP contribution is 2.21. The quantitative estimate of drug-likeness (QED) is 0.649. The third-order valence-electron chi connectivity index (χ3n) is 3.63. The number of nitrogens with two attached hydrogens (primary N) is 1. The number of rotatable bonds is 3. The number of aromatic nitrogens is 2. The maximum Gasteiger partial charge on any atom is 0.274 e. The molecule has 0 saturated carbocycles. The molecule has 0 radical (unpaired) electrons. The first kappa shape index (κ1) is 14.7. The van der Waals surface area contributed by atoms with Gasteiger partial charge in [-0.3, -0.25) is 10.6 Å². The van der Waals surface area contributed by atoms with Gasteiger partial charge in [0.1, 0.15) is 5.82 Å². The molecule has 0 aromatic carbocycles. The molecule has 1 amide bonds. The SMILES string of the molecule is CC1CCCN(C(=O)c2nc(C(C)C)ncc2NN)C1. The van der Waals surface area contributed by atoms with E-state index in [0.29, 0.717) is 23.1 Å². The van der Waals surface area contributed by atoms with Crippen LogP contribution in [0, 0.1) is 5.92 Å². The molecule has 6 nitrogen and oxygen atoms in total. The van der Waals surface area contributed by atoms with Crippen LogP contribution in [0.5, 0.6) is 0 Å². The van der Waals surface area contributed by atoms with Gasteiger partial charge >= 0.3 is 0 Å².